The zero-order chi connectivity index (χ0) is 26.0. The third-order valence-electron chi connectivity index (χ3n) is 8.02. The quantitative estimate of drug-likeness (QED) is 0.307. The van der Waals surface area contributed by atoms with E-state index in [0.29, 0.717) is 45.5 Å². The normalized spacial score (nSPS) is 22.6. The molecule has 10 nitrogen and oxygen atoms in total. The van der Waals surface area contributed by atoms with Gasteiger partial charge in [-0.05, 0) is 36.0 Å². The Hall–Kier alpha value is -4.09. The van der Waals surface area contributed by atoms with Gasteiger partial charge in [0.05, 0.1) is 11.2 Å². The van der Waals surface area contributed by atoms with E-state index in [9.17, 15) is 9.50 Å². The maximum atomic E-state index is 14.7. The fourth-order valence-corrected chi connectivity index (χ4v) is 6.42. The van der Waals surface area contributed by atoms with Crippen LogP contribution in [0.1, 0.15) is 12.0 Å². The molecule has 7 rings (SSSR count). The van der Waals surface area contributed by atoms with Crippen LogP contribution in [0.5, 0.6) is 6.08 Å². The van der Waals surface area contributed by atoms with Gasteiger partial charge in [0.1, 0.15) is 22.8 Å². The number of nitrogens with zero attached hydrogens (tertiary/aromatic N) is 6. The van der Waals surface area contributed by atoms with E-state index >= 15 is 0 Å². The van der Waals surface area contributed by atoms with Gasteiger partial charge < -0.3 is 15.7 Å². The number of benzene rings is 2. The molecule has 2 aromatic carbocycles. The Morgan fingerprint density at radius 1 is 1.21 bits per heavy atom. The van der Waals surface area contributed by atoms with Gasteiger partial charge in [0, 0.05) is 36.2 Å². The Balaban J connectivity index is 1.16. The summed E-state index contributed by atoms with van der Waals surface area (Å²) in [5, 5.41) is 20.8. The summed E-state index contributed by atoms with van der Waals surface area (Å²) in [7, 11) is 0. The molecule has 1 aliphatic heterocycles. The summed E-state index contributed by atoms with van der Waals surface area (Å²) in [4.78, 5) is 15.5. The summed E-state index contributed by atoms with van der Waals surface area (Å²) in [6.07, 6.45) is 2.13. The molecule has 5 aromatic rings. The number of halogens is 2. The van der Waals surface area contributed by atoms with E-state index in [1.165, 1.54) is 6.07 Å². The molecule has 3 atom stereocenters. The molecule has 3 aromatic heterocycles. The van der Waals surface area contributed by atoms with E-state index in [1.807, 2.05) is 12.1 Å². The van der Waals surface area contributed by atoms with Crippen LogP contribution in [0.25, 0.3) is 33.8 Å². The minimum atomic E-state index is -0.517. The number of fused-ring (bicyclic) bond motifs is 2. The van der Waals surface area contributed by atoms with Crippen molar-refractivity contribution in [2.75, 3.05) is 24.5 Å². The van der Waals surface area contributed by atoms with Crippen molar-refractivity contribution in [2.24, 2.45) is 17.6 Å². The molecule has 4 N–H and O–H groups in total. The lowest BCUT2D eigenvalue weighted by Gasteiger charge is -2.26. The number of nitrogens with one attached hydrogen (secondary N) is 1. The SMILES string of the molecule is NC[C@]1(c2ccccc2F)[C@@H]2CCN(c3cnc4c(-c5ccc(-c6noc(O)n6)cc5Cl)n[nH]c4n3)C[C@@H]21. The van der Waals surface area contributed by atoms with E-state index in [4.69, 9.17) is 22.3 Å². The largest absolute Gasteiger partial charge is 0.464 e. The predicted octanol–water partition coefficient (Wildman–Crippen LogP) is 3.92. The topological polar surface area (TPSA) is 143 Å². The van der Waals surface area contributed by atoms with Gasteiger partial charge in [-0.15, -0.1) is 0 Å². The Morgan fingerprint density at radius 3 is 2.84 bits per heavy atom. The van der Waals surface area contributed by atoms with Crippen LogP contribution in [-0.4, -0.2) is 55.0 Å². The highest BCUT2D eigenvalue weighted by molar-refractivity contribution is 6.33. The Kier molecular flexibility index (Phi) is 5.14. The molecule has 2 aliphatic rings. The van der Waals surface area contributed by atoms with Crippen LogP contribution in [0.4, 0.5) is 10.2 Å². The fraction of sp³-hybridized carbons (Fsp3) is 0.269. The summed E-state index contributed by atoms with van der Waals surface area (Å²) < 4.78 is 19.3. The van der Waals surface area contributed by atoms with E-state index in [0.717, 1.165) is 30.9 Å². The van der Waals surface area contributed by atoms with Crippen LogP contribution >= 0.6 is 11.6 Å². The van der Waals surface area contributed by atoms with Crippen molar-refractivity contribution in [3.8, 4) is 28.7 Å². The highest BCUT2D eigenvalue weighted by Gasteiger charge is 2.66. The molecular weight excluding hydrogens is 511 g/mol. The summed E-state index contributed by atoms with van der Waals surface area (Å²) >= 11 is 6.56. The minimum Gasteiger partial charge on any atom is -0.464 e. The molecule has 12 heteroatoms. The van der Waals surface area contributed by atoms with Crippen LogP contribution in [0.3, 0.4) is 0 Å². The number of aromatic hydroxyl groups is 1. The number of hydrogen-bond acceptors (Lipinski definition) is 9. The first-order valence-electron chi connectivity index (χ1n) is 12.2. The van der Waals surface area contributed by atoms with Crippen LogP contribution in [0, 0.1) is 17.7 Å². The average molecular weight is 533 g/mol. The first-order valence-corrected chi connectivity index (χ1v) is 12.6. The second-order valence-corrected chi connectivity index (χ2v) is 10.2. The van der Waals surface area contributed by atoms with Crippen molar-refractivity contribution in [3.05, 3.63) is 65.1 Å². The molecule has 0 spiro atoms. The van der Waals surface area contributed by atoms with E-state index in [1.54, 1.807) is 30.5 Å². The molecular formula is C26H22ClFN8O2. The maximum absolute atomic E-state index is 14.7. The Bertz CT molecular complexity index is 1690. The number of aromatic amines is 1. The minimum absolute atomic E-state index is 0.188. The molecule has 0 radical (unpaired) electrons. The van der Waals surface area contributed by atoms with Gasteiger partial charge in [0.2, 0.25) is 5.82 Å². The standard InChI is InChI=1S/C26H22ClFN8O2/c27-18-9-13(23-32-25(37)38-35-23)5-6-14(18)21-22-24(34-33-21)31-20(10-30-22)36-8-7-15-17(11-36)26(15,12-29)16-3-1-2-4-19(16)28/h1-6,9-10,15,17H,7-8,11-12,29H2,(H,31,33,34)(H,32,35,37)/t15-,17+,26-/m1/s1. The van der Waals surface area contributed by atoms with Crippen LogP contribution in [0.15, 0.2) is 53.2 Å². The summed E-state index contributed by atoms with van der Waals surface area (Å²) in [5.74, 6) is 1.38. The molecule has 2 fully saturated rings. The molecule has 38 heavy (non-hydrogen) atoms. The predicted molar refractivity (Wildman–Crippen MR) is 138 cm³/mol. The van der Waals surface area contributed by atoms with Gasteiger partial charge in [0.25, 0.3) is 0 Å². The Labute approximate surface area is 220 Å². The third-order valence-corrected chi connectivity index (χ3v) is 8.33. The zero-order valence-corrected chi connectivity index (χ0v) is 20.7. The highest BCUT2D eigenvalue weighted by atomic mass is 35.5. The lowest BCUT2D eigenvalue weighted by molar-refractivity contribution is 0.267. The number of rotatable bonds is 5. The van der Waals surface area contributed by atoms with Crippen molar-refractivity contribution in [1.82, 2.24) is 30.3 Å². The van der Waals surface area contributed by atoms with Gasteiger partial charge in [-0.3, -0.25) is 9.62 Å². The molecule has 192 valence electrons. The second-order valence-electron chi connectivity index (χ2n) is 9.76. The number of anilines is 1. The van der Waals surface area contributed by atoms with E-state index < -0.39 is 6.08 Å². The van der Waals surface area contributed by atoms with E-state index in [2.05, 4.69) is 34.7 Å². The van der Waals surface area contributed by atoms with Gasteiger partial charge in [0.15, 0.2) is 5.65 Å². The van der Waals surface area contributed by atoms with Crippen molar-refractivity contribution in [3.63, 3.8) is 0 Å². The summed E-state index contributed by atoms with van der Waals surface area (Å²) in [5.41, 5.74) is 9.57. The molecule has 1 saturated carbocycles. The molecule has 0 bridgehead atoms. The van der Waals surface area contributed by atoms with Crippen molar-refractivity contribution < 1.29 is 14.0 Å². The summed E-state index contributed by atoms with van der Waals surface area (Å²) in [6, 6.07) is 12.2. The first kappa shape index (κ1) is 23.1. The van der Waals surface area contributed by atoms with E-state index in [-0.39, 0.29) is 23.0 Å². The average Bonchev–Trinajstić information content (AvgIpc) is 3.17. The number of nitrogens with two attached hydrogens (primary N) is 1. The van der Waals surface area contributed by atoms with Gasteiger partial charge in [-0.2, -0.15) is 10.1 Å². The molecule has 0 amide bonds. The van der Waals surface area contributed by atoms with Crippen LogP contribution in [0.2, 0.25) is 5.02 Å². The van der Waals surface area contributed by atoms with Crippen molar-refractivity contribution in [2.45, 2.75) is 11.8 Å². The zero-order valence-electron chi connectivity index (χ0n) is 20.0. The fourth-order valence-electron chi connectivity index (χ4n) is 6.15. The van der Waals surface area contributed by atoms with Gasteiger partial charge in [-0.1, -0.05) is 47.1 Å². The molecule has 0 unspecified atom stereocenters. The van der Waals surface area contributed by atoms with Crippen molar-refractivity contribution in [1.29, 1.82) is 0 Å². The second kappa shape index (κ2) is 8.47. The molecule has 1 saturated heterocycles. The number of piperidine rings is 1. The molecule has 4 heterocycles. The van der Waals surface area contributed by atoms with Crippen molar-refractivity contribution >= 4 is 28.6 Å². The third kappa shape index (κ3) is 3.38. The number of aromatic nitrogens is 6. The van der Waals surface area contributed by atoms with Crippen LogP contribution in [-0.2, 0) is 5.41 Å². The van der Waals surface area contributed by atoms with Gasteiger partial charge in [-0.25, -0.2) is 14.4 Å². The lowest BCUT2D eigenvalue weighted by atomic mass is 9.91. The van der Waals surface area contributed by atoms with Crippen LogP contribution < -0.4 is 10.6 Å². The Morgan fingerprint density at radius 2 is 2.08 bits per heavy atom. The van der Waals surface area contributed by atoms with Gasteiger partial charge >= 0.3 is 6.08 Å². The molecule has 1 aliphatic carbocycles. The monoisotopic (exact) mass is 532 g/mol. The maximum Gasteiger partial charge on any atom is 0.415 e. The first-order chi connectivity index (χ1) is 18.5. The highest BCUT2D eigenvalue weighted by Crippen LogP contribution is 2.63. The summed E-state index contributed by atoms with van der Waals surface area (Å²) in [6.45, 7) is 1.94. The number of H-pyrrole nitrogens is 1. The lowest BCUT2D eigenvalue weighted by Crippen LogP contribution is -2.32. The number of hydrogen-bond donors (Lipinski definition) is 3. The smallest absolute Gasteiger partial charge is 0.415 e.